The van der Waals surface area contributed by atoms with Gasteiger partial charge in [0.15, 0.2) is 0 Å². The second kappa shape index (κ2) is 12.3. The van der Waals surface area contributed by atoms with Crippen LogP contribution in [0.4, 0.5) is 23.7 Å². The van der Waals surface area contributed by atoms with Crippen molar-refractivity contribution in [1.82, 2.24) is 24.3 Å². The minimum atomic E-state index is -4.50. The molecule has 4 aromatic rings. The van der Waals surface area contributed by atoms with E-state index in [-0.39, 0.29) is 28.7 Å². The molecule has 0 saturated carbocycles. The molecule has 1 aliphatic heterocycles. The summed E-state index contributed by atoms with van der Waals surface area (Å²) in [5, 5.41) is 3.39. The van der Waals surface area contributed by atoms with E-state index >= 15 is 0 Å². The summed E-state index contributed by atoms with van der Waals surface area (Å²) in [5.74, 6) is -0.346. The van der Waals surface area contributed by atoms with Crippen molar-refractivity contribution in [3.63, 3.8) is 0 Å². The number of benzene rings is 2. The van der Waals surface area contributed by atoms with E-state index in [1.54, 1.807) is 39.6 Å². The molecule has 14 heteroatoms. The SMILES string of the molecule is Cc1cc(C(F)(F)F)ccc1C(=O)Nc1cnc(Oc2ccc3cc(C(=O)N4CCN(C(=O)OC(C)(C)C)CC4)n(C)c3c2)nc1. The number of halogens is 3. The highest BCUT2D eigenvalue weighted by Gasteiger charge is 2.31. The van der Waals surface area contributed by atoms with Gasteiger partial charge in [-0.15, -0.1) is 0 Å². The Kier molecular flexibility index (Phi) is 8.65. The molecule has 0 radical (unpaired) electrons. The van der Waals surface area contributed by atoms with Crippen LogP contribution in [0.3, 0.4) is 0 Å². The minimum Gasteiger partial charge on any atom is -0.444 e. The van der Waals surface area contributed by atoms with Crippen LogP contribution in [-0.2, 0) is 18.0 Å². The number of carbonyl (C=O) groups is 3. The highest BCUT2D eigenvalue weighted by atomic mass is 19.4. The number of rotatable bonds is 5. The van der Waals surface area contributed by atoms with E-state index in [4.69, 9.17) is 9.47 Å². The molecule has 2 aromatic heterocycles. The molecule has 1 N–H and O–H groups in total. The Bertz CT molecular complexity index is 1790. The first kappa shape index (κ1) is 32.3. The minimum absolute atomic E-state index is 0.00331. The van der Waals surface area contributed by atoms with Crippen molar-refractivity contribution in [3.05, 3.63) is 77.2 Å². The van der Waals surface area contributed by atoms with Crippen molar-refractivity contribution in [2.75, 3.05) is 31.5 Å². The number of anilines is 1. The van der Waals surface area contributed by atoms with Crippen molar-refractivity contribution in [3.8, 4) is 11.8 Å². The molecule has 242 valence electrons. The maximum absolute atomic E-state index is 13.4. The highest BCUT2D eigenvalue weighted by Crippen LogP contribution is 2.31. The van der Waals surface area contributed by atoms with Crippen LogP contribution >= 0.6 is 0 Å². The predicted octanol–water partition coefficient (Wildman–Crippen LogP) is 6.03. The van der Waals surface area contributed by atoms with Crippen LogP contribution in [-0.4, -0.2) is 74.0 Å². The monoisotopic (exact) mass is 638 g/mol. The molecule has 0 spiro atoms. The number of alkyl halides is 3. The molecule has 0 bridgehead atoms. The molecule has 1 aliphatic rings. The van der Waals surface area contributed by atoms with Gasteiger partial charge in [-0.05, 0) is 69.7 Å². The van der Waals surface area contributed by atoms with Gasteiger partial charge in [0.25, 0.3) is 11.8 Å². The summed E-state index contributed by atoms with van der Waals surface area (Å²) in [7, 11) is 1.78. The fraction of sp³-hybridized carbons (Fsp3) is 0.344. The van der Waals surface area contributed by atoms with E-state index in [1.165, 1.54) is 19.3 Å². The third-order valence-electron chi connectivity index (χ3n) is 7.35. The van der Waals surface area contributed by atoms with Crippen molar-refractivity contribution in [2.45, 2.75) is 39.5 Å². The van der Waals surface area contributed by atoms with E-state index < -0.39 is 29.3 Å². The number of nitrogens with one attached hydrogen (secondary N) is 1. The van der Waals surface area contributed by atoms with Crippen LogP contribution in [0.15, 0.2) is 54.9 Å². The third kappa shape index (κ3) is 7.22. The average molecular weight is 639 g/mol. The lowest BCUT2D eigenvalue weighted by Gasteiger charge is -2.35. The summed E-state index contributed by atoms with van der Waals surface area (Å²) in [6, 6.07) is 9.96. The number of hydrogen-bond acceptors (Lipinski definition) is 7. The molecule has 1 fully saturated rings. The van der Waals surface area contributed by atoms with Gasteiger partial charge in [-0.3, -0.25) is 9.59 Å². The molecule has 0 unspecified atom stereocenters. The van der Waals surface area contributed by atoms with Crippen LogP contribution in [0.25, 0.3) is 10.9 Å². The average Bonchev–Trinajstić information content (AvgIpc) is 3.32. The normalized spacial score (nSPS) is 13.9. The Hall–Kier alpha value is -5.14. The van der Waals surface area contributed by atoms with Crippen LogP contribution in [0.5, 0.6) is 11.8 Å². The lowest BCUT2D eigenvalue weighted by atomic mass is 10.0. The fourth-order valence-electron chi connectivity index (χ4n) is 4.99. The zero-order valence-corrected chi connectivity index (χ0v) is 25.9. The fourth-order valence-corrected chi connectivity index (χ4v) is 4.99. The molecular weight excluding hydrogens is 605 g/mol. The molecule has 1 saturated heterocycles. The molecule has 5 rings (SSSR count). The zero-order valence-electron chi connectivity index (χ0n) is 25.9. The van der Waals surface area contributed by atoms with Gasteiger partial charge in [-0.25, -0.2) is 14.8 Å². The summed E-state index contributed by atoms with van der Waals surface area (Å²) >= 11 is 0. The molecular formula is C32H33F3N6O5. The third-order valence-corrected chi connectivity index (χ3v) is 7.35. The Balaban J connectivity index is 1.21. The van der Waals surface area contributed by atoms with Gasteiger partial charge in [0.1, 0.15) is 17.0 Å². The number of aryl methyl sites for hydroxylation is 2. The number of hydrogen-bond donors (Lipinski definition) is 1. The summed E-state index contributed by atoms with van der Waals surface area (Å²) in [4.78, 5) is 50.0. The van der Waals surface area contributed by atoms with E-state index in [1.807, 2.05) is 26.8 Å². The van der Waals surface area contributed by atoms with E-state index in [2.05, 4.69) is 15.3 Å². The first-order valence-electron chi connectivity index (χ1n) is 14.4. The Morgan fingerprint density at radius 3 is 2.15 bits per heavy atom. The number of fused-ring (bicyclic) bond motifs is 1. The zero-order chi connectivity index (χ0) is 33.4. The lowest BCUT2D eigenvalue weighted by molar-refractivity contribution is -0.137. The molecule has 3 amide bonds. The first-order chi connectivity index (χ1) is 21.6. The molecule has 2 aromatic carbocycles. The van der Waals surface area contributed by atoms with Crippen molar-refractivity contribution in [2.24, 2.45) is 7.05 Å². The summed E-state index contributed by atoms with van der Waals surface area (Å²) in [6.45, 7) is 8.37. The number of nitrogens with zero attached hydrogens (tertiary/aromatic N) is 5. The maximum atomic E-state index is 13.4. The highest BCUT2D eigenvalue weighted by molar-refractivity contribution is 6.05. The van der Waals surface area contributed by atoms with Crippen molar-refractivity contribution >= 4 is 34.5 Å². The second-order valence-electron chi connectivity index (χ2n) is 11.9. The van der Waals surface area contributed by atoms with Gasteiger partial charge in [0.2, 0.25) is 0 Å². The number of amides is 3. The Morgan fingerprint density at radius 1 is 0.891 bits per heavy atom. The van der Waals surface area contributed by atoms with Gasteiger partial charge < -0.3 is 29.2 Å². The Morgan fingerprint density at radius 2 is 1.54 bits per heavy atom. The predicted molar refractivity (Wildman–Crippen MR) is 163 cm³/mol. The number of carbonyl (C=O) groups excluding carboxylic acids is 3. The lowest BCUT2D eigenvalue weighted by Crippen LogP contribution is -2.51. The topological polar surface area (TPSA) is 119 Å². The van der Waals surface area contributed by atoms with Gasteiger partial charge >= 0.3 is 18.3 Å². The van der Waals surface area contributed by atoms with Gasteiger partial charge in [0.05, 0.1) is 29.2 Å². The molecule has 0 atom stereocenters. The standard InChI is InChI=1S/C32H33F3N6O5/c1-19-14-21(32(33,34)35)7-9-24(19)27(42)38-22-17-36-29(37-18-22)45-23-8-6-20-15-26(39(5)25(20)16-23)28(43)40-10-12-41(13-11-40)30(44)46-31(2,3)4/h6-9,14-18H,10-13H2,1-5H3,(H,38,42). The van der Waals surface area contributed by atoms with Crippen LogP contribution in [0.2, 0.25) is 0 Å². The molecule has 46 heavy (non-hydrogen) atoms. The van der Waals surface area contributed by atoms with E-state index in [9.17, 15) is 27.6 Å². The summed E-state index contributed by atoms with van der Waals surface area (Å²) < 4.78 is 51.9. The molecule has 3 heterocycles. The summed E-state index contributed by atoms with van der Waals surface area (Å²) in [5.41, 5.74) is 0.285. The van der Waals surface area contributed by atoms with Gasteiger partial charge in [-0.2, -0.15) is 13.2 Å². The molecule has 11 nitrogen and oxygen atoms in total. The maximum Gasteiger partial charge on any atom is 0.416 e. The van der Waals surface area contributed by atoms with E-state index in [0.29, 0.717) is 37.6 Å². The van der Waals surface area contributed by atoms with Crippen molar-refractivity contribution in [1.29, 1.82) is 0 Å². The smallest absolute Gasteiger partial charge is 0.416 e. The van der Waals surface area contributed by atoms with Gasteiger partial charge in [0, 0.05) is 50.2 Å². The van der Waals surface area contributed by atoms with Crippen LogP contribution in [0.1, 0.15) is 52.7 Å². The quantitative estimate of drug-likeness (QED) is 0.284. The number of ether oxygens (including phenoxy) is 2. The summed E-state index contributed by atoms with van der Waals surface area (Å²) in [6.07, 6.45) is -2.26. The largest absolute Gasteiger partial charge is 0.444 e. The molecule has 0 aliphatic carbocycles. The van der Waals surface area contributed by atoms with E-state index in [0.717, 1.165) is 29.1 Å². The Labute approximate surface area is 262 Å². The van der Waals surface area contributed by atoms with Gasteiger partial charge in [-0.1, -0.05) is 0 Å². The number of piperazine rings is 1. The second-order valence-corrected chi connectivity index (χ2v) is 11.9. The van der Waals surface area contributed by atoms with Crippen LogP contribution < -0.4 is 10.1 Å². The van der Waals surface area contributed by atoms with Crippen LogP contribution in [0, 0.1) is 6.92 Å². The van der Waals surface area contributed by atoms with Crippen molar-refractivity contribution < 1.29 is 37.0 Å². The first-order valence-corrected chi connectivity index (χ1v) is 14.4. The number of aromatic nitrogens is 3.